The van der Waals surface area contributed by atoms with Crippen LogP contribution in [0.25, 0.3) is 0 Å². The first kappa shape index (κ1) is 22.6. The quantitative estimate of drug-likeness (QED) is 0.333. The van der Waals surface area contributed by atoms with Crippen molar-refractivity contribution in [2.24, 2.45) is 4.99 Å². The molecule has 2 rings (SSSR count). The Morgan fingerprint density at radius 3 is 2.81 bits per heavy atom. The van der Waals surface area contributed by atoms with Gasteiger partial charge in [0.15, 0.2) is 5.96 Å². The number of amides is 1. The second-order valence-electron chi connectivity index (χ2n) is 6.54. The number of nitrogens with zero attached hydrogens (tertiary/aromatic N) is 2. The molecule has 0 radical (unpaired) electrons. The highest BCUT2D eigenvalue weighted by atomic mass is 127. The van der Waals surface area contributed by atoms with Gasteiger partial charge in [-0.1, -0.05) is 6.07 Å². The molecule has 26 heavy (non-hydrogen) atoms. The fourth-order valence-corrected chi connectivity index (χ4v) is 2.73. The van der Waals surface area contributed by atoms with E-state index in [0.29, 0.717) is 37.6 Å². The molecule has 1 saturated heterocycles. The molecule has 8 heteroatoms. The molecule has 1 aromatic carbocycles. The van der Waals surface area contributed by atoms with Gasteiger partial charge in [-0.2, -0.15) is 0 Å². The number of aliphatic imine (C=N–C) groups is 1. The molecule has 0 spiro atoms. The summed E-state index contributed by atoms with van der Waals surface area (Å²) in [6.07, 6.45) is 1.32. The van der Waals surface area contributed by atoms with Crippen LogP contribution < -0.4 is 16.0 Å². The molecular weight excluding hydrogens is 448 g/mol. The molecule has 0 bridgehead atoms. The van der Waals surface area contributed by atoms with Gasteiger partial charge in [-0.15, -0.1) is 24.0 Å². The first-order valence-electron chi connectivity index (χ1n) is 8.71. The van der Waals surface area contributed by atoms with E-state index < -0.39 is 0 Å². The van der Waals surface area contributed by atoms with E-state index in [0.717, 1.165) is 18.5 Å². The number of hydrogen-bond donors (Lipinski definition) is 3. The Morgan fingerprint density at radius 2 is 2.19 bits per heavy atom. The summed E-state index contributed by atoms with van der Waals surface area (Å²) in [5.41, 5.74) is 1.64. The highest BCUT2D eigenvalue weighted by Gasteiger charge is 2.18. The van der Waals surface area contributed by atoms with Gasteiger partial charge in [-0.25, -0.2) is 9.38 Å². The fourth-order valence-electron chi connectivity index (χ4n) is 2.73. The summed E-state index contributed by atoms with van der Waals surface area (Å²) in [6.45, 7) is 4.39. The molecule has 1 amide bonds. The molecular formula is C18H29FIN5O. The summed E-state index contributed by atoms with van der Waals surface area (Å²) in [5.74, 6) is 0.617. The smallest absolute Gasteiger partial charge is 0.220 e. The molecule has 0 aliphatic carbocycles. The highest BCUT2D eigenvalue weighted by Crippen LogP contribution is 2.13. The van der Waals surface area contributed by atoms with Crippen molar-refractivity contribution in [1.82, 2.24) is 20.9 Å². The Labute approximate surface area is 172 Å². The Bertz CT molecular complexity index is 614. The van der Waals surface area contributed by atoms with Crippen LogP contribution in [0.4, 0.5) is 4.39 Å². The zero-order valence-electron chi connectivity index (χ0n) is 15.6. The Kier molecular flexibility index (Phi) is 9.85. The van der Waals surface area contributed by atoms with E-state index in [2.05, 4.69) is 20.9 Å². The summed E-state index contributed by atoms with van der Waals surface area (Å²) in [4.78, 5) is 17.8. The van der Waals surface area contributed by atoms with E-state index in [9.17, 15) is 9.18 Å². The Balaban J connectivity index is 0.00000338. The Hall–Kier alpha value is -1.42. The van der Waals surface area contributed by atoms with Crippen molar-refractivity contribution in [3.63, 3.8) is 0 Å². The maximum Gasteiger partial charge on any atom is 0.220 e. The monoisotopic (exact) mass is 477 g/mol. The Morgan fingerprint density at radius 1 is 1.42 bits per heavy atom. The van der Waals surface area contributed by atoms with Crippen LogP contribution in [-0.2, 0) is 17.9 Å². The number of halogens is 2. The average Bonchev–Trinajstić information content (AvgIpc) is 2.57. The van der Waals surface area contributed by atoms with Crippen LogP contribution in [0.15, 0.2) is 23.2 Å². The number of rotatable bonds is 6. The molecule has 3 N–H and O–H groups in total. The summed E-state index contributed by atoms with van der Waals surface area (Å²) >= 11 is 0. The van der Waals surface area contributed by atoms with Gasteiger partial charge in [-0.3, -0.25) is 4.79 Å². The molecule has 1 unspecified atom stereocenters. The number of hydrogen-bond acceptors (Lipinski definition) is 3. The van der Waals surface area contributed by atoms with Crippen LogP contribution in [0.1, 0.15) is 30.9 Å². The van der Waals surface area contributed by atoms with Gasteiger partial charge in [0.2, 0.25) is 5.91 Å². The predicted octanol–water partition coefficient (Wildman–Crippen LogP) is 1.84. The van der Waals surface area contributed by atoms with Gasteiger partial charge >= 0.3 is 0 Å². The second-order valence-corrected chi connectivity index (χ2v) is 6.54. The fraction of sp³-hybridized carbons (Fsp3) is 0.556. The van der Waals surface area contributed by atoms with E-state index in [4.69, 9.17) is 0 Å². The summed E-state index contributed by atoms with van der Waals surface area (Å²) < 4.78 is 13.9. The molecule has 146 valence electrons. The first-order valence-corrected chi connectivity index (χ1v) is 8.71. The highest BCUT2D eigenvalue weighted by molar-refractivity contribution is 14.0. The molecule has 1 heterocycles. The molecule has 0 aromatic heterocycles. The predicted molar refractivity (Wildman–Crippen MR) is 113 cm³/mol. The van der Waals surface area contributed by atoms with Crippen LogP contribution in [0.3, 0.4) is 0 Å². The first-order chi connectivity index (χ1) is 12.0. The van der Waals surface area contributed by atoms with Gasteiger partial charge in [0.25, 0.3) is 0 Å². The van der Waals surface area contributed by atoms with Crippen molar-refractivity contribution < 1.29 is 9.18 Å². The molecule has 1 atom stereocenters. The van der Waals surface area contributed by atoms with Gasteiger partial charge in [0.05, 0.1) is 6.54 Å². The minimum absolute atomic E-state index is 0. The normalized spacial score (nSPS) is 17.5. The summed E-state index contributed by atoms with van der Waals surface area (Å²) in [6, 6.07) is 5.31. The number of guanidine groups is 1. The zero-order valence-corrected chi connectivity index (χ0v) is 18.0. The molecule has 1 aliphatic rings. The third kappa shape index (κ3) is 7.45. The molecule has 1 fully saturated rings. The minimum atomic E-state index is -0.190. The van der Waals surface area contributed by atoms with E-state index in [1.807, 2.05) is 32.0 Å². The maximum atomic E-state index is 13.9. The van der Waals surface area contributed by atoms with Crippen LogP contribution in [0.5, 0.6) is 0 Å². The van der Waals surface area contributed by atoms with Crippen molar-refractivity contribution in [2.75, 3.05) is 27.2 Å². The SMILES string of the molecule is CCNC(=NCc1ccc(F)c(CN(C)C)c1)NC1CCC(=O)NC1.I. The van der Waals surface area contributed by atoms with Gasteiger partial charge in [0, 0.05) is 37.7 Å². The van der Waals surface area contributed by atoms with Crippen LogP contribution in [-0.4, -0.2) is 50.0 Å². The lowest BCUT2D eigenvalue weighted by molar-refractivity contribution is -0.122. The summed E-state index contributed by atoms with van der Waals surface area (Å²) in [5, 5.41) is 9.42. The van der Waals surface area contributed by atoms with E-state index >= 15 is 0 Å². The number of piperidine rings is 1. The second kappa shape index (κ2) is 11.3. The third-order valence-corrected chi connectivity index (χ3v) is 3.97. The summed E-state index contributed by atoms with van der Waals surface area (Å²) in [7, 11) is 3.83. The number of nitrogens with one attached hydrogen (secondary N) is 3. The van der Waals surface area contributed by atoms with E-state index in [1.54, 1.807) is 6.07 Å². The zero-order chi connectivity index (χ0) is 18.2. The number of carbonyl (C=O) groups is 1. The average molecular weight is 477 g/mol. The minimum Gasteiger partial charge on any atom is -0.357 e. The lowest BCUT2D eigenvalue weighted by atomic mass is 10.1. The van der Waals surface area contributed by atoms with E-state index in [1.165, 1.54) is 6.07 Å². The van der Waals surface area contributed by atoms with Crippen molar-refractivity contribution in [1.29, 1.82) is 0 Å². The van der Waals surface area contributed by atoms with Crippen molar-refractivity contribution in [2.45, 2.75) is 38.9 Å². The molecule has 6 nitrogen and oxygen atoms in total. The standard InChI is InChI=1S/C18H28FN5O.HI/c1-4-20-18(23-15-6-8-17(25)21-11-15)22-10-13-5-7-16(19)14(9-13)12-24(2)3;/h5,7,9,15H,4,6,8,10-12H2,1-3H3,(H,21,25)(H2,20,22,23);1H. The largest absolute Gasteiger partial charge is 0.357 e. The van der Waals surface area contributed by atoms with Gasteiger partial charge in [-0.05, 0) is 45.1 Å². The van der Waals surface area contributed by atoms with Crippen molar-refractivity contribution >= 4 is 35.8 Å². The van der Waals surface area contributed by atoms with Crippen molar-refractivity contribution in [3.8, 4) is 0 Å². The molecule has 1 aliphatic heterocycles. The van der Waals surface area contributed by atoms with Crippen LogP contribution in [0, 0.1) is 5.82 Å². The topological polar surface area (TPSA) is 68.8 Å². The van der Waals surface area contributed by atoms with Crippen molar-refractivity contribution in [3.05, 3.63) is 35.1 Å². The lowest BCUT2D eigenvalue weighted by Gasteiger charge is -2.25. The van der Waals surface area contributed by atoms with Gasteiger partial charge in [0.1, 0.15) is 5.82 Å². The molecule has 1 aromatic rings. The third-order valence-electron chi connectivity index (χ3n) is 3.97. The number of benzene rings is 1. The molecule has 0 saturated carbocycles. The number of carbonyl (C=O) groups excluding carboxylic acids is 1. The maximum absolute atomic E-state index is 13.9. The lowest BCUT2D eigenvalue weighted by Crippen LogP contribution is -2.51. The van der Waals surface area contributed by atoms with Crippen LogP contribution >= 0.6 is 24.0 Å². The van der Waals surface area contributed by atoms with Crippen LogP contribution in [0.2, 0.25) is 0 Å². The van der Waals surface area contributed by atoms with E-state index in [-0.39, 0.29) is 41.7 Å². The van der Waals surface area contributed by atoms with Gasteiger partial charge < -0.3 is 20.9 Å².